The number of rotatable bonds is 0. The highest BCUT2D eigenvalue weighted by Gasteiger charge is 2.48. The van der Waals surface area contributed by atoms with Crippen molar-refractivity contribution in [2.75, 3.05) is 0 Å². The van der Waals surface area contributed by atoms with Crippen LogP contribution in [-0.2, 0) is 4.79 Å². The van der Waals surface area contributed by atoms with Crippen molar-refractivity contribution in [3.63, 3.8) is 0 Å². The van der Waals surface area contributed by atoms with Crippen LogP contribution >= 0.6 is 0 Å². The van der Waals surface area contributed by atoms with Gasteiger partial charge in [-0.1, -0.05) is 13.8 Å². The third kappa shape index (κ3) is 1.38. The minimum Gasteiger partial charge on any atom is -0.370 e. The predicted molar refractivity (Wildman–Crippen MR) is 54.7 cm³/mol. The molecule has 78 valence electrons. The van der Waals surface area contributed by atoms with Crippen molar-refractivity contribution < 1.29 is 4.79 Å². The number of carbonyl (C=O) groups excluding carboxylic acids is 1. The van der Waals surface area contributed by atoms with E-state index in [-0.39, 0.29) is 17.3 Å². The van der Waals surface area contributed by atoms with Crippen LogP contribution in [0.15, 0.2) is 4.99 Å². The summed E-state index contributed by atoms with van der Waals surface area (Å²) in [6.45, 7) is 4.37. The van der Waals surface area contributed by atoms with E-state index < -0.39 is 5.54 Å². The maximum absolute atomic E-state index is 11.7. The lowest BCUT2D eigenvalue weighted by atomic mass is 9.68. The highest BCUT2D eigenvalue weighted by molar-refractivity contribution is 6.06. The molecular weight excluding hydrogens is 178 g/mol. The van der Waals surface area contributed by atoms with Crippen LogP contribution in [0.5, 0.6) is 0 Å². The van der Waals surface area contributed by atoms with Gasteiger partial charge in [0.2, 0.25) is 0 Å². The van der Waals surface area contributed by atoms with Crippen molar-refractivity contribution >= 4 is 11.9 Å². The molecule has 1 aliphatic heterocycles. The highest BCUT2D eigenvalue weighted by Crippen LogP contribution is 2.44. The van der Waals surface area contributed by atoms with Crippen molar-refractivity contribution in [3.8, 4) is 0 Å². The van der Waals surface area contributed by atoms with Gasteiger partial charge in [0.1, 0.15) is 5.54 Å². The summed E-state index contributed by atoms with van der Waals surface area (Å²) < 4.78 is 0. The van der Waals surface area contributed by atoms with E-state index >= 15 is 0 Å². The fourth-order valence-corrected chi connectivity index (χ4v) is 2.66. The minimum absolute atomic E-state index is 0.0113. The second-order valence-corrected chi connectivity index (χ2v) is 5.18. The van der Waals surface area contributed by atoms with Crippen LogP contribution in [0.4, 0.5) is 0 Å². The summed E-state index contributed by atoms with van der Waals surface area (Å²) in [6, 6.07) is 0. The first-order chi connectivity index (χ1) is 6.44. The maximum Gasteiger partial charge on any atom is 0.254 e. The van der Waals surface area contributed by atoms with Gasteiger partial charge in [-0.25, -0.2) is 4.99 Å². The molecule has 1 aliphatic carbocycles. The van der Waals surface area contributed by atoms with E-state index in [0.717, 1.165) is 25.7 Å². The van der Waals surface area contributed by atoms with Crippen molar-refractivity contribution in [2.45, 2.75) is 45.1 Å². The molecular formula is C10H17N3O. The van der Waals surface area contributed by atoms with Gasteiger partial charge < -0.3 is 5.73 Å². The first kappa shape index (κ1) is 9.49. The molecule has 1 saturated carbocycles. The molecule has 1 heterocycles. The molecule has 1 unspecified atom stereocenters. The standard InChI is InChI=1S/C10H17N3O/c1-9(2)4-3-5-10(6-9)7(14)12-8(11)13-10/h3-6H2,1-2H3,(H3,11,12,13,14). The SMILES string of the molecule is CC1(C)CCCC2(C1)N=C(N)NC2=O. The van der Waals surface area contributed by atoms with Gasteiger partial charge >= 0.3 is 0 Å². The monoisotopic (exact) mass is 195 g/mol. The van der Waals surface area contributed by atoms with E-state index in [1.165, 1.54) is 0 Å². The Labute approximate surface area is 84.0 Å². The summed E-state index contributed by atoms with van der Waals surface area (Å²) in [6.07, 6.45) is 3.87. The van der Waals surface area contributed by atoms with Crippen LogP contribution in [0.1, 0.15) is 39.5 Å². The van der Waals surface area contributed by atoms with E-state index in [4.69, 9.17) is 5.73 Å². The first-order valence-electron chi connectivity index (χ1n) is 5.10. The molecule has 0 aromatic carbocycles. The Bertz CT molecular complexity index is 308. The molecule has 0 aromatic rings. The number of carbonyl (C=O) groups is 1. The summed E-state index contributed by atoms with van der Waals surface area (Å²) in [5.41, 5.74) is 5.19. The highest BCUT2D eigenvalue weighted by atomic mass is 16.2. The number of hydrogen-bond acceptors (Lipinski definition) is 3. The van der Waals surface area contributed by atoms with Gasteiger partial charge in [0.05, 0.1) is 0 Å². The first-order valence-corrected chi connectivity index (χ1v) is 5.10. The number of nitrogens with one attached hydrogen (secondary N) is 1. The fourth-order valence-electron chi connectivity index (χ4n) is 2.66. The number of guanidine groups is 1. The zero-order chi connectivity index (χ0) is 10.4. The second-order valence-electron chi connectivity index (χ2n) is 5.18. The largest absolute Gasteiger partial charge is 0.370 e. The molecule has 0 saturated heterocycles. The lowest BCUT2D eigenvalue weighted by Gasteiger charge is -2.38. The minimum atomic E-state index is -0.550. The van der Waals surface area contributed by atoms with E-state index in [0.29, 0.717) is 0 Å². The smallest absolute Gasteiger partial charge is 0.254 e. The molecule has 2 rings (SSSR count). The van der Waals surface area contributed by atoms with Crippen molar-refractivity contribution in [1.82, 2.24) is 5.32 Å². The number of hydrogen-bond donors (Lipinski definition) is 2. The van der Waals surface area contributed by atoms with E-state index in [9.17, 15) is 4.79 Å². The summed E-state index contributed by atoms with van der Waals surface area (Å²) in [5.74, 6) is 0.274. The maximum atomic E-state index is 11.7. The third-order valence-electron chi connectivity index (χ3n) is 3.21. The van der Waals surface area contributed by atoms with Crippen LogP contribution in [-0.4, -0.2) is 17.4 Å². The van der Waals surface area contributed by atoms with E-state index in [2.05, 4.69) is 24.2 Å². The number of amides is 1. The molecule has 1 fully saturated rings. The van der Waals surface area contributed by atoms with Gasteiger partial charge in [0.15, 0.2) is 5.96 Å². The Morgan fingerprint density at radius 1 is 1.43 bits per heavy atom. The van der Waals surface area contributed by atoms with E-state index in [1.54, 1.807) is 0 Å². The van der Waals surface area contributed by atoms with E-state index in [1.807, 2.05) is 0 Å². The van der Waals surface area contributed by atoms with Crippen LogP contribution in [0, 0.1) is 5.41 Å². The molecule has 2 aliphatic rings. The molecule has 14 heavy (non-hydrogen) atoms. The third-order valence-corrected chi connectivity index (χ3v) is 3.21. The lowest BCUT2D eigenvalue weighted by Crippen LogP contribution is -2.45. The van der Waals surface area contributed by atoms with Crippen LogP contribution in [0.3, 0.4) is 0 Å². The van der Waals surface area contributed by atoms with Crippen molar-refractivity contribution in [3.05, 3.63) is 0 Å². The quantitative estimate of drug-likeness (QED) is 0.599. The zero-order valence-electron chi connectivity index (χ0n) is 8.76. The van der Waals surface area contributed by atoms with Gasteiger partial charge in [-0.15, -0.1) is 0 Å². The van der Waals surface area contributed by atoms with Crippen LogP contribution < -0.4 is 11.1 Å². The number of aliphatic imine (C=N–C) groups is 1. The molecule has 4 heteroatoms. The molecule has 1 amide bonds. The molecule has 1 atom stereocenters. The molecule has 0 radical (unpaired) electrons. The molecule has 3 N–H and O–H groups in total. The van der Waals surface area contributed by atoms with Gasteiger partial charge in [-0.2, -0.15) is 0 Å². The second kappa shape index (κ2) is 2.72. The fraction of sp³-hybridized carbons (Fsp3) is 0.800. The Hall–Kier alpha value is -1.06. The molecule has 4 nitrogen and oxygen atoms in total. The normalized spacial score (nSPS) is 35.6. The lowest BCUT2D eigenvalue weighted by molar-refractivity contribution is -0.126. The molecule has 1 spiro atoms. The molecule has 0 bridgehead atoms. The summed E-state index contributed by atoms with van der Waals surface area (Å²) in [5, 5.41) is 2.60. The average Bonchev–Trinajstić information content (AvgIpc) is 2.24. The van der Waals surface area contributed by atoms with Crippen LogP contribution in [0.2, 0.25) is 0 Å². The summed E-state index contributed by atoms with van der Waals surface area (Å²) in [4.78, 5) is 16.0. The van der Waals surface area contributed by atoms with Gasteiger partial charge in [0, 0.05) is 0 Å². The Kier molecular flexibility index (Phi) is 1.84. The summed E-state index contributed by atoms with van der Waals surface area (Å²) >= 11 is 0. The van der Waals surface area contributed by atoms with Crippen LogP contribution in [0.25, 0.3) is 0 Å². The molecule has 0 aromatic heterocycles. The Balaban J connectivity index is 2.28. The van der Waals surface area contributed by atoms with Gasteiger partial charge in [-0.05, 0) is 31.1 Å². The predicted octanol–water partition coefficient (Wildman–Crippen LogP) is 0.770. The van der Waals surface area contributed by atoms with Crippen molar-refractivity contribution in [2.24, 2.45) is 16.1 Å². The number of nitrogens with zero attached hydrogens (tertiary/aromatic N) is 1. The average molecular weight is 195 g/mol. The topological polar surface area (TPSA) is 67.5 Å². The Morgan fingerprint density at radius 3 is 2.64 bits per heavy atom. The van der Waals surface area contributed by atoms with Gasteiger partial charge in [0.25, 0.3) is 5.91 Å². The van der Waals surface area contributed by atoms with Gasteiger partial charge in [-0.3, -0.25) is 10.1 Å². The number of nitrogens with two attached hydrogens (primary N) is 1. The summed E-state index contributed by atoms with van der Waals surface area (Å²) in [7, 11) is 0. The van der Waals surface area contributed by atoms with Crippen molar-refractivity contribution in [1.29, 1.82) is 0 Å². The zero-order valence-corrected chi connectivity index (χ0v) is 8.76. The Morgan fingerprint density at radius 2 is 2.14 bits per heavy atom.